The van der Waals surface area contributed by atoms with Crippen LogP contribution in [0.15, 0.2) is 42.6 Å². The van der Waals surface area contributed by atoms with Crippen molar-refractivity contribution in [2.24, 2.45) is 5.92 Å². The molecule has 1 N–H and O–H groups in total. The number of amides is 1. The average molecular weight is 445 g/mol. The molecule has 0 radical (unpaired) electrons. The van der Waals surface area contributed by atoms with E-state index in [1.807, 2.05) is 0 Å². The van der Waals surface area contributed by atoms with Gasteiger partial charge in [-0.1, -0.05) is 6.07 Å². The molecule has 4 rings (SSSR count). The van der Waals surface area contributed by atoms with Crippen molar-refractivity contribution in [1.82, 2.24) is 9.97 Å². The molecule has 1 aliphatic rings. The SMILES string of the molecule is Cc1ncc(OCC2(c3ccc(F)c(F)c3)CC2C(=O)Nc2ccc(F)c(F)c2)c(C)n1. The number of hydrogen-bond donors (Lipinski definition) is 1. The van der Waals surface area contributed by atoms with Gasteiger partial charge < -0.3 is 10.1 Å². The van der Waals surface area contributed by atoms with Crippen molar-refractivity contribution in [2.75, 3.05) is 11.9 Å². The van der Waals surface area contributed by atoms with Crippen LogP contribution in [0, 0.1) is 43.0 Å². The fraction of sp³-hybridized carbons (Fsp3) is 0.261. The summed E-state index contributed by atoms with van der Waals surface area (Å²) in [4.78, 5) is 21.2. The van der Waals surface area contributed by atoms with E-state index >= 15 is 0 Å². The van der Waals surface area contributed by atoms with Gasteiger partial charge in [-0.2, -0.15) is 0 Å². The number of hydrogen-bond acceptors (Lipinski definition) is 4. The molecule has 1 amide bonds. The summed E-state index contributed by atoms with van der Waals surface area (Å²) < 4.78 is 60.0. The molecule has 3 aromatic rings. The van der Waals surface area contributed by atoms with E-state index in [1.165, 1.54) is 18.3 Å². The van der Waals surface area contributed by atoms with Gasteiger partial charge in [0.15, 0.2) is 29.0 Å². The van der Waals surface area contributed by atoms with Crippen molar-refractivity contribution >= 4 is 11.6 Å². The molecule has 1 fully saturated rings. The van der Waals surface area contributed by atoms with E-state index in [0.29, 0.717) is 29.3 Å². The van der Waals surface area contributed by atoms with Gasteiger partial charge in [-0.25, -0.2) is 27.5 Å². The van der Waals surface area contributed by atoms with E-state index in [0.717, 1.165) is 24.3 Å². The molecule has 166 valence electrons. The second-order valence-electron chi connectivity index (χ2n) is 7.82. The van der Waals surface area contributed by atoms with Crippen molar-refractivity contribution in [3.05, 3.63) is 82.9 Å². The van der Waals surface area contributed by atoms with Crippen molar-refractivity contribution in [1.29, 1.82) is 0 Å². The topological polar surface area (TPSA) is 64.1 Å². The summed E-state index contributed by atoms with van der Waals surface area (Å²) in [5.74, 6) is -4.32. The van der Waals surface area contributed by atoms with Crippen LogP contribution in [0.25, 0.3) is 0 Å². The van der Waals surface area contributed by atoms with Crippen molar-refractivity contribution in [2.45, 2.75) is 25.7 Å². The second kappa shape index (κ2) is 8.22. The van der Waals surface area contributed by atoms with Crippen molar-refractivity contribution < 1.29 is 27.1 Å². The summed E-state index contributed by atoms with van der Waals surface area (Å²) in [6.45, 7) is 3.47. The maximum absolute atomic E-state index is 14.0. The molecule has 1 saturated carbocycles. The zero-order valence-corrected chi connectivity index (χ0v) is 17.3. The second-order valence-corrected chi connectivity index (χ2v) is 7.82. The molecular weight excluding hydrogens is 426 g/mol. The van der Waals surface area contributed by atoms with Crippen LogP contribution in [0.4, 0.5) is 23.2 Å². The first kappa shape index (κ1) is 21.7. The molecule has 1 aromatic heterocycles. The van der Waals surface area contributed by atoms with E-state index < -0.39 is 40.5 Å². The van der Waals surface area contributed by atoms with Crippen molar-refractivity contribution in [3.63, 3.8) is 0 Å². The lowest BCUT2D eigenvalue weighted by Crippen LogP contribution is -2.27. The van der Waals surface area contributed by atoms with Gasteiger partial charge in [0.25, 0.3) is 0 Å². The first-order chi connectivity index (χ1) is 15.2. The zero-order valence-electron chi connectivity index (χ0n) is 17.3. The van der Waals surface area contributed by atoms with Gasteiger partial charge in [0.1, 0.15) is 5.82 Å². The Morgan fingerprint density at radius 1 is 1.06 bits per heavy atom. The number of rotatable bonds is 6. The third kappa shape index (κ3) is 4.15. The number of ether oxygens (including phenoxy) is 1. The summed E-state index contributed by atoms with van der Waals surface area (Å²) >= 11 is 0. The molecule has 32 heavy (non-hydrogen) atoms. The highest BCUT2D eigenvalue weighted by molar-refractivity contribution is 5.96. The molecule has 2 aromatic carbocycles. The molecule has 2 atom stereocenters. The number of aromatic nitrogens is 2. The highest BCUT2D eigenvalue weighted by atomic mass is 19.2. The first-order valence-corrected chi connectivity index (χ1v) is 9.84. The minimum atomic E-state index is -1.09. The van der Waals surface area contributed by atoms with Crippen LogP contribution in [-0.4, -0.2) is 22.5 Å². The number of carbonyl (C=O) groups is 1. The number of benzene rings is 2. The first-order valence-electron chi connectivity index (χ1n) is 9.84. The van der Waals surface area contributed by atoms with E-state index in [1.54, 1.807) is 13.8 Å². The van der Waals surface area contributed by atoms with Gasteiger partial charge in [0.05, 0.1) is 24.4 Å². The molecule has 0 aliphatic heterocycles. The standard InChI is InChI=1S/C23H19F4N3O2/c1-12-21(10-28-13(2)29-12)32-11-23(14-3-5-17(24)19(26)7-14)9-16(23)22(31)30-15-4-6-18(25)20(27)8-15/h3-8,10,16H,9,11H2,1-2H3,(H,30,31). The quantitative estimate of drug-likeness (QED) is 0.563. The Morgan fingerprint density at radius 2 is 1.75 bits per heavy atom. The third-order valence-electron chi connectivity index (χ3n) is 5.61. The minimum Gasteiger partial charge on any atom is -0.489 e. The van der Waals surface area contributed by atoms with Gasteiger partial charge in [0.2, 0.25) is 5.91 Å². The van der Waals surface area contributed by atoms with Crippen LogP contribution in [0.2, 0.25) is 0 Å². The maximum Gasteiger partial charge on any atom is 0.228 e. The number of nitrogens with one attached hydrogen (secondary N) is 1. The van der Waals surface area contributed by atoms with Gasteiger partial charge in [-0.15, -0.1) is 0 Å². The third-order valence-corrected chi connectivity index (χ3v) is 5.61. The summed E-state index contributed by atoms with van der Waals surface area (Å²) in [5.41, 5.74) is 0.145. The molecule has 0 saturated heterocycles. The van der Waals surface area contributed by atoms with E-state index in [4.69, 9.17) is 4.74 Å². The normalized spacial score (nSPS) is 19.5. The fourth-order valence-corrected chi connectivity index (χ4v) is 3.74. The Labute approximate surface area is 181 Å². The predicted octanol–water partition coefficient (Wildman–Crippen LogP) is 4.63. The number of halogens is 4. The molecule has 1 heterocycles. The number of carbonyl (C=O) groups excluding carboxylic acids is 1. The van der Waals surface area contributed by atoms with E-state index in [-0.39, 0.29) is 12.3 Å². The molecule has 0 spiro atoms. The van der Waals surface area contributed by atoms with Gasteiger partial charge >= 0.3 is 0 Å². The Kier molecular flexibility index (Phi) is 5.58. The lowest BCUT2D eigenvalue weighted by atomic mass is 9.93. The Morgan fingerprint density at radius 3 is 2.41 bits per heavy atom. The van der Waals surface area contributed by atoms with Gasteiger partial charge in [0, 0.05) is 17.2 Å². The Hall–Kier alpha value is -3.49. The highest BCUT2D eigenvalue weighted by Gasteiger charge is 2.60. The average Bonchev–Trinajstić information content (AvgIpc) is 3.48. The molecule has 9 heteroatoms. The maximum atomic E-state index is 14.0. The van der Waals surface area contributed by atoms with Crippen LogP contribution >= 0.6 is 0 Å². The summed E-state index contributed by atoms with van der Waals surface area (Å²) in [5, 5.41) is 2.55. The minimum absolute atomic E-state index is 0.0127. The Balaban J connectivity index is 1.59. The smallest absolute Gasteiger partial charge is 0.228 e. The van der Waals surface area contributed by atoms with E-state index in [2.05, 4.69) is 15.3 Å². The molecule has 5 nitrogen and oxygen atoms in total. The lowest BCUT2D eigenvalue weighted by molar-refractivity contribution is -0.117. The number of anilines is 1. The predicted molar refractivity (Wildman–Crippen MR) is 108 cm³/mol. The number of nitrogens with zero attached hydrogens (tertiary/aromatic N) is 2. The largest absolute Gasteiger partial charge is 0.489 e. The molecule has 1 aliphatic carbocycles. The summed E-state index contributed by atoms with van der Waals surface area (Å²) in [7, 11) is 0. The lowest BCUT2D eigenvalue weighted by Gasteiger charge is -2.20. The summed E-state index contributed by atoms with van der Waals surface area (Å²) in [6.07, 6.45) is 1.80. The molecule has 2 unspecified atom stereocenters. The van der Waals surface area contributed by atoms with Crippen LogP contribution in [0.5, 0.6) is 5.75 Å². The van der Waals surface area contributed by atoms with Gasteiger partial charge in [-0.05, 0) is 50.1 Å². The van der Waals surface area contributed by atoms with Crippen LogP contribution in [0.3, 0.4) is 0 Å². The van der Waals surface area contributed by atoms with Crippen LogP contribution < -0.4 is 10.1 Å². The van der Waals surface area contributed by atoms with E-state index in [9.17, 15) is 22.4 Å². The van der Waals surface area contributed by atoms with Crippen LogP contribution in [0.1, 0.15) is 23.5 Å². The monoisotopic (exact) mass is 445 g/mol. The van der Waals surface area contributed by atoms with Gasteiger partial charge in [-0.3, -0.25) is 4.79 Å². The fourth-order valence-electron chi connectivity index (χ4n) is 3.74. The Bertz CT molecular complexity index is 1200. The molecule has 0 bridgehead atoms. The number of aryl methyl sites for hydroxylation is 2. The summed E-state index contributed by atoms with van der Waals surface area (Å²) in [6, 6.07) is 6.46. The van der Waals surface area contributed by atoms with Crippen LogP contribution in [-0.2, 0) is 10.2 Å². The zero-order chi connectivity index (χ0) is 23.0. The molecular formula is C23H19F4N3O2. The highest BCUT2D eigenvalue weighted by Crippen LogP contribution is 2.55. The van der Waals surface area contributed by atoms with Crippen molar-refractivity contribution in [3.8, 4) is 5.75 Å².